The maximum absolute atomic E-state index is 12.2. The summed E-state index contributed by atoms with van der Waals surface area (Å²) < 4.78 is 25.3. The van der Waals surface area contributed by atoms with Crippen LogP contribution >= 0.6 is 11.6 Å². The minimum atomic E-state index is -3.57. The van der Waals surface area contributed by atoms with Crippen LogP contribution in [0.25, 0.3) is 0 Å². The topological polar surface area (TPSA) is 66.5 Å². The van der Waals surface area contributed by atoms with Crippen molar-refractivity contribution in [1.82, 2.24) is 9.62 Å². The summed E-state index contributed by atoms with van der Waals surface area (Å²) in [5, 5.41) is 3.30. The van der Waals surface area contributed by atoms with Gasteiger partial charge in [-0.05, 0) is 29.8 Å². The molecule has 0 unspecified atom stereocenters. The third kappa shape index (κ3) is 4.10. The quantitative estimate of drug-likeness (QED) is 0.899. The molecule has 0 spiro atoms. The molecule has 0 fully saturated rings. The molecule has 1 N–H and O–H groups in total. The first-order valence-electron chi connectivity index (χ1n) is 6.86. The van der Waals surface area contributed by atoms with E-state index in [2.05, 4.69) is 5.32 Å². The lowest BCUT2D eigenvalue weighted by molar-refractivity contribution is 0.0950. The van der Waals surface area contributed by atoms with Crippen molar-refractivity contribution in [3.8, 4) is 0 Å². The average molecular weight is 353 g/mol. The van der Waals surface area contributed by atoms with Crippen LogP contribution in [0.2, 0.25) is 5.02 Å². The number of hydrogen-bond donors (Lipinski definition) is 1. The van der Waals surface area contributed by atoms with E-state index in [0.29, 0.717) is 5.02 Å². The van der Waals surface area contributed by atoms with Gasteiger partial charge in [-0.2, -0.15) is 0 Å². The van der Waals surface area contributed by atoms with Gasteiger partial charge in [0.15, 0.2) is 0 Å². The van der Waals surface area contributed by atoms with Crippen LogP contribution < -0.4 is 5.32 Å². The van der Waals surface area contributed by atoms with Crippen molar-refractivity contribution in [1.29, 1.82) is 0 Å². The molecule has 0 aliphatic heterocycles. The average Bonchev–Trinajstić information content (AvgIpc) is 2.53. The number of carbonyl (C=O) groups is 1. The Labute approximate surface area is 140 Å². The van der Waals surface area contributed by atoms with E-state index in [0.717, 1.165) is 9.87 Å². The van der Waals surface area contributed by atoms with Crippen LogP contribution in [-0.4, -0.2) is 32.7 Å². The van der Waals surface area contributed by atoms with Crippen LogP contribution in [0.1, 0.15) is 15.9 Å². The van der Waals surface area contributed by atoms with Crippen LogP contribution in [0.15, 0.2) is 53.4 Å². The summed E-state index contributed by atoms with van der Waals surface area (Å²) in [4.78, 5) is 12.3. The molecule has 2 aromatic rings. The zero-order valence-electron chi connectivity index (χ0n) is 12.8. The lowest BCUT2D eigenvalue weighted by Crippen LogP contribution is -2.25. The number of amides is 1. The first-order chi connectivity index (χ1) is 10.8. The largest absolute Gasteiger partial charge is 0.348 e. The second-order valence-corrected chi connectivity index (χ2v) is 7.65. The second kappa shape index (κ2) is 7.12. The van der Waals surface area contributed by atoms with Crippen LogP contribution in [0, 0.1) is 0 Å². The highest BCUT2D eigenvalue weighted by atomic mass is 35.5. The Hall–Kier alpha value is -1.89. The number of hydrogen-bond acceptors (Lipinski definition) is 3. The third-order valence-electron chi connectivity index (χ3n) is 3.27. The predicted octanol–water partition coefficient (Wildman–Crippen LogP) is 2.52. The lowest BCUT2D eigenvalue weighted by atomic mass is 10.2. The van der Waals surface area contributed by atoms with Crippen molar-refractivity contribution in [3.63, 3.8) is 0 Å². The molecule has 122 valence electrons. The fourth-order valence-corrected chi connectivity index (χ4v) is 3.08. The molecule has 23 heavy (non-hydrogen) atoms. The van der Waals surface area contributed by atoms with E-state index >= 15 is 0 Å². The molecule has 2 rings (SSSR count). The Morgan fingerprint density at radius 2 is 1.83 bits per heavy atom. The van der Waals surface area contributed by atoms with Gasteiger partial charge in [0.2, 0.25) is 10.0 Å². The smallest absolute Gasteiger partial charge is 0.251 e. The summed E-state index contributed by atoms with van der Waals surface area (Å²) >= 11 is 6.04. The highest BCUT2D eigenvalue weighted by Crippen LogP contribution is 2.16. The van der Waals surface area contributed by atoms with Gasteiger partial charge in [-0.15, -0.1) is 0 Å². The number of nitrogens with one attached hydrogen (secondary N) is 1. The van der Waals surface area contributed by atoms with Gasteiger partial charge in [0, 0.05) is 31.2 Å². The molecule has 0 atom stereocenters. The van der Waals surface area contributed by atoms with E-state index in [1.54, 1.807) is 18.2 Å². The summed E-state index contributed by atoms with van der Waals surface area (Å²) in [7, 11) is -0.687. The molecule has 0 saturated carbocycles. The normalized spacial score (nSPS) is 11.5. The minimum Gasteiger partial charge on any atom is -0.348 e. The van der Waals surface area contributed by atoms with Crippen molar-refractivity contribution in [3.05, 3.63) is 64.7 Å². The minimum absolute atomic E-state index is 0.0768. The number of sulfonamides is 1. The molecule has 0 saturated heterocycles. The predicted molar refractivity (Wildman–Crippen MR) is 89.9 cm³/mol. The van der Waals surface area contributed by atoms with Gasteiger partial charge in [-0.1, -0.05) is 35.9 Å². The van der Waals surface area contributed by atoms with Gasteiger partial charge < -0.3 is 5.32 Å². The SMILES string of the molecule is CN(C)S(=O)(=O)c1cccc(C(=O)NCc2ccccc2Cl)c1. The van der Waals surface area contributed by atoms with Crippen LogP contribution in [0.4, 0.5) is 0 Å². The lowest BCUT2D eigenvalue weighted by Gasteiger charge is -2.12. The number of carbonyl (C=O) groups excluding carboxylic acids is 1. The molecule has 0 heterocycles. The molecular weight excluding hydrogens is 336 g/mol. The van der Waals surface area contributed by atoms with Gasteiger partial charge in [-0.25, -0.2) is 12.7 Å². The van der Waals surface area contributed by atoms with Gasteiger partial charge in [0.1, 0.15) is 0 Å². The first-order valence-corrected chi connectivity index (χ1v) is 8.68. The van der Waals surface area contributed by atoms with E-state index in [9.17, 15) is 13.2 Å². The molecule has 0 bridgehead atoms. The maximum Gasteiger partial charge on any atom is 0.251 e. The van der Waals surface area contributed by atoms with Crippen molar-refractivity contribution in [2.24, 2.45) is 0 Å². The molecule has 0 aromatic heterocycles. The van der Waals surface area contributed by atoms with E-state index in [4.69, 9.17) is 11.6 Å². The summed E-state index contributed by atoms with van der Waals surface area (Å²) in [5.74, 6) is -0.360. The molecule has 0 radical (unpaired) electrons. The third-order valence-corrected chi connectivity index (χ3v) is 5.45. The van der Waals surface area contributed by atoms with E-state index in [1.807, 2.05) is 18.2 Å². The fourth-order valence-electron chi connectivity index (χ4n) is 1.93. The van der Waals surface area contributed by atoms with Crippen molar-refractivity contribution in [2.75, 3.05) is 14.1 Å². The summed E-state index contributed by atoms with van der Waals surface area (Å²) in [6.45, 7) is 0.267. The molecule has 7 heteroatoms. The van der Waals surface area contributed by atoms with Crippen molar-refractivity contribution >= 4 is 27.5 Å². The fraction of sp³-hybridized carbons (Fsp3) is 0.188. The van der Waals surface area contributed by atoms with E-state index < -0.39 is 10.0 Å². The summed E-state index contributed by atoms with van der Waals surface area (Å²) in [6.07, 6.45) is 0. The Morgan fingerprint density at radius 3 is 2.48 bits per heavy atom. The van der Waals surface area contributed by atoms with Gasteiger partial charge in [0.25, 0.3) is 5.91 Å². The summed E-state index contributed by atoms with van der Waals surface area (Å²) in [5.41, 5.74) is 1.07. The van der Waals surface area contributed by atoms with Crippen LogP contribution in [-0.2, 0) is 16.6 Å². The van der Waals surface area contributed by atoms with E-state index in [-0.39, 0.29) is 22.9 Å². The van der Waals surface area contributed by atoms with Crippen LogP contribution in [0.3, 0.4) is 0 Å². The van der Waals surface area contributed by atoms with Gasteiger partial charge >= 0.3 is 0 Å². The Bertz CT molecular complexity index is 820. The highest BCUT2D eigenvalue weighted by Gasteiger charge is 2.18. The number of rotatable bonds is 5. The van der Waals surface area contributed by atoms with Gasteiger partial charge in [-0.3, -0.25) is 4.79 Å². The Balaban J connectivity index is 2.16. The number of nitrogens with zero attached hydrogens (tertiary/aromatic N) is 1. The zero-order chi connectivity index (χ0) is 17.0. The number of benzene rings is 2. The Kier molecular flexibility index (Phi) is 5.41. The molecule has 5 nitrogen and oxygen atoms in total. The Morgan fingerprint density at radius 1 is 1.13 bits per heavy atom. The monoisotopic (exact) mass is 352 g/mol. The van der Waals surface area contributed by atoms with Crippen molar-refractivity contribution < 1.29 is 13.2 Å². The molecular formula is C16H17ClN2O3S. The molecule has 0 aliphatic rings. The second-order valence-electron chi connectivity index (χ2n) is 5.09. The highest BCUT2D eigenvalue weighted by molar-refractivity contribution is 7.89. The van der Waals surface area contributed by atoms with Gasteiger partial charge in [0.05, 0.1) is 4.90 Å². The van der Waals surface area contributed by atoms with Crippen LogP contribution in [0.5, 0.6) is 0 Å². The molecule has 1 amide bonds. The maximum atomic E-state index is 12.2. The standard InChI is InChI=1S/C16H17ClN2O3S/c1-19(2)23(21,22)14-8-5-7-12(10-14)16(20)18-11-13-6-3-4-9-15(13)17/h3-10H,11H2,1-2H3,(H,18,20). The summed E-state index contributed by atoms with van der Waals surface area (Å²) in [6, 6.07) is 13.1. The molecule has 0 aliphatic carbocycles. The number of halogens is 1. The van der Waals surface area contributed by atoms with E-state index in [1.165, 1.54) is 26.2 Å². The first kappa shape index (κ1) is 17.5. The van der Waals surface area contributed by atoms with Crippen molar-refractivity contribution in [2.45, 2.75) is 11.4 Å². The zero-order valence-corrected chi connectivity index (χ0v) is 14.4. The molecule has 2 aromatic carbocycles.